The van der Waals surface area contributed by atoms with Gasteiger partial charge < -0.3 is 15.2 Å². The number of alkyl carbamates (subject to hydrolysis) is 1. The molecule has 0 aromatic heterocycles. The third-order valence-corrected chi connectivity index (χ3v) is 5.09. The third-order valence-electron chi connectivity index (χ3n) is 5.09. The van der Waals surface area contributed by atoms with E-state index >= 15 is 0 Å². The molecule has 0 saturated heterocycles. The number of phenolic OH excluding ortho intramolecular Hbond substituents is 1. The molecular weight excluding hydrogens is 362 g/mol. The highest BCUT2D eigenvalue weighted by Crippen LogP contribution is 2.44. The minimum absolute atomic E-state index is 0.0409. The average molecular weight is 383 g/mol. The number of aryl methyl sites for hydroxylation is 1. The molecule has 144 valence electrons. The summed E-state index contributed by atoms with van der Waals surface area (Å²) in [5.41, 5.74) is 6.32. The van der Waals surface area contributed by atoms with E-state index in [2.05, 4.69) is 41.4 Å². The lowest BCUT2D eigenvalue weighted by atomic mass is 9.98. The predicted molar refractivity (Wildman–Crippen MR) is 113 cm³/mol. The zero-order chi connectivity index (χ0) is 20.2. The highest BCUT2D eigenvalue weighted by atomic mass is 16.5. The quantitative estimate of drug-likeness (QED) is 0.651. The molecule has 4 nitrogen and oxygen atoms in total. The van der Waals surface area contributed by atoms with Gasteiger partial charge in [-0.2, -0.15) is 0 Å². The van der Waals surface area contributed by atoms with Crippen molar-refractivity contribution in [3.63, 3.8) is 0 Å². The van der Waals surface area contributed by atoms with Crippen molar-refractivity contribution >= 4 is 6.09 Å². The third kappa shape index (κ3) is 3.95. The van der Waals surface area contributed by atoms with Crippen molar-refractivity contribution in [1.29, 1.82) is 0 Å². The fourth-order valence-electron chi connectivity index (χ4n) is 3.65. The van der Waals surface area contributed by atoms with E-state index in [-0.39, 0.29) is 24.8 Å². The lowest BCUT2D eigenvalue weighted by molar-refractivity contribution is 0.144. The highest BCUT2D eigenvalue weighted by Gasteiger charge is 2.28. The van der Waals surface area contributed by atoms with E-state index in [1.807, 2.05) is 31.2 Å². The highest BCUT2D eigenvalue weighted by molar-refractivity contribution is 5.79. The van der Waals surface area contributed by atoms with Crippen LogP contribution in [0.4, 0.5) is 4.79 Å². The van der Waals surface area contributed by atoms with Crippen LogP contribution in [0.3, 0.4) is 0 Å². The molecule has 29 heavy (non-hydrogen) atoms. The van der Waals surface area contributed by atoms with Crippen molar-refractivity contribution in [2.24, 2.45) is 0 Å². The zero-order valence-corrected chi connectivity index (χ0v) is 16.1. The Bertz CT molecular complexity index is 1080. The number of carbonyl (C=O) groups excluding carboxylic acids is 1. The van der Waals surface area contributed by atoms with Crippen LogP contribution < -0.4 is 5.32 Å². The Hall–Kier alpha value is -3.71. The summed E-state index contributed by atoms with van der Waals surface area (Å²) in [4.78, 5) is 12.1. The molecule has 0 radical (unpaired) electrons. The summed E-state index contributed by atoms with van der Waals surface area (Å²) in [7, 11) is 0. The van der Waals surface area contributed by atoms with Crippen molar-refractivity contribution < 1.29 is 14.6 Å². The molecule has 1 amide bonds. The molecule has 0 fully saturated rings. The summed E-state index contributed by atoms with van der Waals surface area (Å²) in [5.74, 6) is 6.14. The Balaban J connectivity index is 1.35. The summed E-state index contributed by atoms with van der Waals surface area (Å²) in [5, 5.41) is 12.2. The minimum atomic E-state index is -0.483. The molecule has 3 aromatic carbocycles. The Morgan fingerprint density at radius 1 is 1.03 bits per heavy atom. The van der Waals surface area contributed by atoms with Crippen LogP contribution in [-0.4, -0.2) is 24.4 Å². The molecule has 0 spiro atoms. The lowest BCUT2D eigenvalue weighted by Crippen LogP contribution is -2.26. The van der Waals surface area contributed by atoms with Crippen molar-refractivity contribution in [3.8, 4) is 28.7 Å². The molecule has 4 heteroatoms. The molecule has 4 rings (SSSR count). The minimum Gasteiger partial charge on any atom is -0.508 e. The van der Waals surface area contributed by atoms with E-state index in [1.165, 1.54) is 22.3 Å². The van der Waals surface area contributed by atoms with Gasteiger partial charge in [-0.25, -0.2) is 4.79 Å². The molecule has 0 unspecified atom stereocenters. The number of phenols is 1. The Morgan fingerprint density at radius 2 is 1.69 bits per heavy atom. The van der Waals surface area contributed by atoms with Gasteiger partial charge in [0.15, 0.2) is 0 Å². The maximum atomic E-state index is 12.1. The fourth-order valence-corrected chi connectivity index (χ4v) is 3.65. The standard InChI is InChI=1S/C25H21NO3/c1-17-15-18(12-13-24(17)27)7-6-14-26-25(28)29-16-23-21-10-4-2-8-19(21)20-9-3-5-11-22(20)23/h2-5,8-13,15,23,27H,14,16H2,1H3,(H,26,28). The first-order valence-corrected chi connectivity index (χ1v) is 9.51. The summed E-state index contributed by atoms with van der Waals surface area (Å²) < 4.78 is 5.48. The molecule has 0 heterocycles. The first-order chi connectivity index (χ1) is 14.1. The number of hydrogen-bond acceptors (Lipinski definition) is 3. The molecule has 1 aliphatic rings. The Labute approximate surface area is 170 Å². The van der Waals surface area contributed by atoms with Crippen LogP contribution in [0.15, 0.2) is 66.7 Å². The Morgan fingerprint density at radius 3 is 2.34 bits per heavy atom. The number of rotatable bonds is 3. The normalized spacial score (nSPS) is 11.8. The van der Waals surface area contributed by atoms with Crippen LogP contribution in [0.1, 0.15) is 28.2 Å². The van der Waals surface area contributed by atoms with Crippen molar-refractivity contribution in [1.82, 2.24) is 5.32 Å². The number of carbonyl (C=O) groups is 1. The van der Waals surface area contributed by atoms with Gasteiger partial charge in [0.1, 0.15) is 12.4 Å². The predicted octanol–water partition coefficient (Wildman–Crippen LogP) is 4.59. The summed E-state index contributed by atoms with van der Waals surface area (Å²) in [6.07, 6.45) is -0.483. The molecule has 0 saturated carbocycles. The van der Waals surface area contributed by atoms with Gasteiger partial charge in [0.2, 0.25) is 0 Å². The molecule has 1 aliphatic carbocycles. The van der Waals surface area contributed by atoms with Crippen LogP contribution in [0.2, 0.25) is 0 Å². The van der Waals surface area contributed by atoms with Gasteiger partial charge in [-0.1, -0.05) is 60.4 Å². The van der Waals surface area contributed by atoms with Gasteiger partial charge in [0, 0.05) is 11.5 Å². The number of ether oxygens (including phenoxy) is 1. The van der Waals surface area contributed by atoms with Crippen LogP contribution in [0, 0.1) is 18.8 Å². The summed E-state index contributed by atoms with van der Waals surface area (Å²) in [6, 6.07) is 21.6. The number of amides is 1. The largest absolute Gasteiger partial charge is 0.508 e. The zero-order valence-electron chi connectivity index (χ0n) is 16.1. The molecule has 0 aliphatic heterocycles. The van der Waals surface area contributed by atoms with Crippen LogP contribution in [0.25, 0.3) is 11.1 Å². The first-order valence-electron chi connectivity index (χ1n) is 9.51. The van der Waals surface area contributed by atoms with E-state index in [4.69, 9.17) is 4.74 Å². The second-order valence-electron chi connectivity index (χ2n) is 6.98. The van der Waals surface area contributed by atoms with E-state index in [1.54, 1.807) is 18.2 Å². The van der Waals surface area contributed by atoms with E-state index in [0.29, 0.717) is 0 Å². The maximum absolute atomic E-state index is 12.1. The van der Waals surface area contributed by atoms with Crippen LogP contribution >= 0.6 is 0 Å². The van der Waals surface area contributed by atoms with Gasteiger partial charge >= 0.3 is 6.09 Å². The molecule has 0 bridgehead atoms. The second kappa shape index (κ2) is 8.12. The van der Waals surface area contributed by atoms with Crippen molar-refractivity contribution in [2.75, 3.05) is 13.2 Å². The van der Waals surface area contributed by atoms with E-state index in [0.717, 1.165) is 11.1 Å². The number of hydrogen-bond donors (Lipinski definition) is 2. The molecule has 3 aromatic rings. The van der Waals surface area contributed by atoms with Gasteiger partial charge in [0.25, 0.3) is 0 Å². The topological polar surface area (TPSA) is 58.6 Å². The number of benzene rings is 3. The molecular formula is C25H21NO3. The first kappa shape index (κ1) is 18.6. The Kier molecular flexibility index (Phi) is 5.22. The number of aromatic hydroxyl groups is 1. The van der Waals surface area contributed by atoms with Gasteiger partial charge in [-0.15, -0.1) is 0 Å². The number of nitrogens with one attached hydrogen (secondary N) is 1. The SMILES string of the molecule is Cc1cc(C#CCNC(=O)OCC2c3ccccc3-c3ccccc32)ccc1O. The second-order valence-corrected chi connectivity index (χ2v) is 6.98. The molecule has 2 N–H and O–H groups in total. The van der Waals surface area contributed by atoms with Crippen molar-refractivity contribution in [2.45, 2.75) is 12.8 Å². The maximum Gasteiger partial charge on any atom is 0.407 e. The average Bonchev–Trinajstić information content (AvgIpc) is 3.06. The fraction of sp³-hybridized carbons (Fsp3) is 0.160. The lowest BCUT2D eigenvalue weighted by Gasteiger charge is -2.14. The number of fused-ring (bicyclic) bond motifs is 3. The van der Waals surface area contributed by atoms with Gasteiger partial charge in [-0.3, -0.25) is 0 Å². The summed E-state index contributed by atoms with van der Waals surface area (Å²) >= 11 is 0. The van der Waals surface area contributed by atoms with E-state index < -0.39 is 6.09 Å². The smallest absolute Gasteiger partial charge is 0.407 e. The van der Waals surface area contributed by atoms with Crippen molar-refractivity contribution in [3.05, 3.63) is 89.0 Å². The van der Waals surface area contributed by atoms with Gasteiger partial charge in [-0.05, 0) is 52.9 Å². The van der Waals surface area contributed by atoms with E-state index in [9.17, 15) is 9.90 Å². The van der Waals surface area contributed by atoms with Crippen LogP contribution in [0.5, 0.6) is 5.75 Å². The van der Waals surface area contributed by atoms with Crippen LogP contribution in [-0.2, 0) is 4.74 Å². The summed E-state index contributed by atoms with van der Waals surface area (Å²) in [6.45, 7) is 2.29. The monoisotopic (exact) mass is 383 g/mol. The molecule has 0 atom stereocenters. The van der Waals surface area contributed by atoms with Gasteiger partial charge in [0.05, 0.1) is 6.54 Å².